The molecule has 2 rings (SSSR count). The Bertz CT molecular complexity index is 294. The number of rotatable bonds is 0. The fourth-order valence-electron chi connectivity index (χ4n) is 2.74. The summed E-state index contributed by atoms with van der Waals surface area (Å²) in [5.41, 5.74) is 0. The summed E-state index contributed by atoms with van der Waals surface area (Å²) in [6, 6.07) is 0. The van der Waals surface area contributed by atoms with Crippen LogP contribution >= 0.6 is 23.9 Å². The van der Waals surface area contributed by atoms with Gasteiger partial charge in [0.05, 0.1) is 0 Å². The highest BCUT2D eigenvalue weighted by Crippen LogP contribution is 2.50. The van der Waals surface area contributed by atoms with Gasteiger partial charge in [-0.3, -0.25) is 0 Å². The van der Waals surface area contributed by atoms with Gasteiger partial charge in [-0.2, -0.15) is 0 Å². The molecule has 2 aliphatic rings. The van der Waals surface area contributed by atoms with Crippen molar-refractivity contribution in [3.05, 3.63) is 0 Å². The van der Waals surface area contributed by atoms with E-state index in [4.69, 9.17) is 0 Å². The van der Waals surface area contributed by atoms with E-state index in [9.17, 15) is 0 Å². The van der Waals surface area contributed by atoms with E-state index in [2.05, 4.69) is 36.7 Å². The molecule has 1 aliphatic heterocycles. The van der Waals surface area contributed by atoms with Crippen LogP contribution in [-0.2, 0) is 0 Å². The molecule has 0 aromatic heterocycles. The Kier molecular flexibility index (Phi) is 3.59. The van der Waals surface area contributed by atoms with Crippen molar-refractivity contribution < 1.29 is 0 Å². The molecule has 1 heterocycles. The third-order valence-corrected chi connectivity index (χ3v) is 6.90. The van der Waals surface area contributed by atoms with Crippen molar-refractivity contribution in [2.45, 2.75) is 38.2 Å². The van der Waals surface area contributed by atoms with Gasteiger partial charge in [0, 0.05) is 16.4 Å². The third kappa shape index (κ3) is 1.92. The number of fused-ring (bicyclic) bond motifs is 1. The first-order valence-corrected chi connectivity index (χ1v) is 7.41. The zero-order valence-electron chi connectivity index (χ0n) is 9.78. The van der Waals surface area contributed by atoms with Crippen molar-refractivity contribution in [1.82, 2.24) is 4.13 Å². The van der Waals surface area contributed by atoms with Gasteiger partial charge in [-0.15, -0.1) is 5.92 Å². The van der Waals surface area contributed by atoms with Crippen LogP contribution in [0.3, 0.4) is 0 Å². The lowest BCUT2D eigenvalue weighted by Crippen LogP contribution is -2.44. The van der Waals surface area contributed by atoms with E-state index in [1.54, 1.807) is 0 Å². The minimum absolute atomic E-state index is 0.568. The topological polar surface area (TPSA) is 12.0 Å². The van der Waals surface area contributed by atoms with E-state index in [0.29, 0.717) is 11.2 Å². The lowest BCUT2D eigenvalue weighted by atomic mass is 9.68. The quantitative estimate of drug-likeness (QED) is 0.517. The summed E-state index contributed by atoms with van der Waals surface area (Å²) in [6.07, 6.45) is 0. The molecule has 1 nitrogen and oxygen atoms in total. The second-order valence-electron chi connectivity index (χ2n) is 4.75. The van der Waals surface area contributed by atoms with Crippen molar-refractivity contribution in [3.63, 3.8) is 0 Å². The van der Waals surface area contributed by atoms with Crippen molar-refractivity contribution in [1.29, 1.82) is 0 Å². The first-order chi connectivity index (χ1) is 7.16. The number of hydrogen-bond acceptors (Lipinski definition) is 3. The summed E-state index contributed by atoms with van der Waals surface area (Å²) in [5.74, 6) is 9.42. The molecule has 6 unspecified atom stereocenters. The third-order valence-electron chi connectivity index (χ3n) is 4.10. The molecule has 1 N–H and O–H groups in total. The summed E-state index contributed by atoms with van der Waals surface area (Å²) in [4.78, 5) is 0. The summed E-state index contributed by atoms with van der Waals surface area (Å²) in [6.45, 7) is 9.12. The molecule has 0 amide bonds. The lowest BCUT2D eigenvalue weighted by molar-refractivity contribution is 0.173. The second kappa shape index (κ2) is 4.61. The van der Waals surface area contributed by atoms with Gasteiger partial charge in [0.15, 0.2) is 0 Å². The predicted molar refractivity (Wildman–Crippen MR) is 70.3 cm³/mol. The number of hydrogen-bond donors (Lipinski definition) is 1. The molecule has 84 valence electrons. The monoisotopic (exact) mass is 241 g/mol. The molecule has 0 spiro atoms. The molecular formula is C12H19NS2. The van der Waals surface area contributed by atoms with Crippen molar-refractivity contribution in [3.8, 4) is 11.8 Å². The Morgan fingerprint density at radius 1 is 0.933 bits per heavy atom. The van der Waals surface area contributed by atoms with Gasteiger partial charge in [-0.05, 0) is 24.7 Å². The van der Waals surface area contributed by atoms with Gasteiger partial charge in [-0.1, -0.05) is 50.6 Å². The van der Waals surface area contributed by atoms with Crippen LogP contribution < -0.4 is 4.13 Å². The summed E-state index contributed by atoms with van der Waals surface area (Å²) < 4.78 is 3.39. The Hall–Kier alpha value is 0.220. The molecule has 2 fully saturated rings. The fourth-order valence-corrected chi connectivity index (χ4v) is 5.80. The average Bonchev–Trinajstić information content (AvgIpc) is 2.70. The maximum atomic E-state index is 3.43. The largest absolute Gasteiger partial charge is 0.207 e. The molecule has 0 aromatic rings. The van der Waals surface area contributed by atoms with Crippen LogP contribution in [0.15, 0.2) is 0 Å². The van der Waals surface area contributed by atoms with E-state index in [1.807, 2.05) is 30.8 Å². The Morgan fingerprint density at radius 3 is 2.27 bits per heavy atom. The molecular weight excluding hydrogens is 222 g/mol. The Balaban J connectivity index is 2.25. The minimum Gasteiger partial charge on any atom is -0.207 e. The SMILES string of the molecule is CC#CC1C(C)C(C)C(C)C2SNSC12. The summed E-state index contributed by atoms with van der Waals surface area (Å²) in [5, 5.41) is 1.43. The fraction of sp³-hybridized carbons (Fsp3) is 0.833. The maximum Gasteiger partial charge on any atom is 0.0475 e. The van der Waals surface area contributed by atoms with E-state index in [1.165, 1.54) is 0 Å². The van der Waals surface area contributed by atoms with Gasteiger partial charge in [0.1, 0.15) is 0 Å². The van der Waals surface area contributed by atoms with Crippen molar-refractivity contribution in [2.75, 3.05) is 0 Å². The smallest absolute Gasteiger partial charge is 0.0475 e. The standard InChI is InChI=1S/C12H19NS2/c1-5-6-10-8(3)7(2)9(4)11-12(10)15-13-14-11/h7-13H,1-4H3. The zero-order valence-corrected chi connectivity index (χ0v) is 11.4. The normalized spacial score (nSPS) is 49.3. The highest BCUT2D eigenvalue weighted by molar-refractivity contribution is 8.16. The molecule has 1 saturated carbocycles. The Labute approximate surface area is 102 Å². The van der Waals surface area contributed by atoms with Gasteiger partial charge in [-0.25, -0.2) is 4.13 Å². The second-order valence-corrected chi connectivity index (χ2v) is 6.97. The van der Waals surface area contributed by atoms with Crippen molar-refractivity contribution >= 4 is 23.9 Å². The molecule has 0 radical (unpaired) electrons. The van der Waals surface area contributed by atoms with E-state index in [-0.39, 0.29) is 0 Å². The summed E-state index contributed by atoms with van der Waals surface area (Å²) in [7, 11) is 0. The van der Waals surface area contributed by atoms with Crippen LogP contribution in [0.5, 0.6) is 0 Å². The zero-order chi connectivity index (χ0) is 11.0. The van der Waals surface area contributed by atoms with E-state index in [0.717, 1.165) is 23.0 Å². The highest BCUT2D eigenvalue weighted by atomic mass is 32.2. The Morgan fingerprint density at radius 2 is 1.60 bits per heavy atom. The van der Waals surface area contributed by atoms with Crippen LogP contribution in [0, 0.1) is 35.5 Å². The summed E-state index contributed by atoms with van der Waals surface area (Å²) >= 11 is 3.81. The first kappa shape index (κ1) is 11.7. The molecule has 15 heavy (non-hydrogen) atoms. The van der Waals surface area contributed by atoms with E-state index >= 15 is 0 Å². The van der Waals surface area contributed by atoms with Crippen LogP contribution in [0.1, 0.15) is 27.7 Å². The van der Waals surface area contributed by atoms with Crippen LogP contribution in [0.4, 0.5) is 0 Å². The van der Waals surface area contributed by atoms with Crippen molar-refractivity contribution in [2.24, 2.45) is 23.7 Å². The van der Waals surface area contributed by atoms with E-state index < -0.39 is 0 Å². The molecule has 0 aromatic carbocycles. The predicted octanol–water partition coefficient (Wildman–Crippen LogP) is 3.18. The lowest BCUT2D eigenvalue weighted by Gasteiger charge is -2.42. The van der Waals surface area contributed by atoms with Gasteiger partial charge < -0.3 is 0 Å². The molecule has 1 aliphatic carbocycles. The van der Waals surface area contributed by atoms with Gasteiger partial charge in [0.25, 0.3) is 0 Å². The van der Waals surface area contributed by atoms with Gasteiger partial charge >= 0.3 is 0 Å². The molecule has 0 bridgehead atoms. The van der Waals surface area contributed by atoms with Crippen LogP contribution in [0.25, 0.3) is 0 Å². The average molecular weight is 241 g/mol. The molecule has 6 atom stereocenters. The van der Waals surface area contributed by atoms with Crippen LogP contribution in [0.2, 0.25) is 0 Å². The first-order valence-electron chi connectivity index (χ1n) is 5.65. The number of nitrogens with one attached hydrogen (secondary N) is 1. The minimum atomic E-state index is 0.568. The molecule has 1 saturated heterocycles. The van der Waals surface area contributed by atoms with Gasteiger partial charge in [0.2, 0.25) is 0 Å². The highest BCUT2D eigenvalue weighted by Gasteiger charge is 2.48. The molecule has 3 heteroatoms. The maximum absolute atomic E-state index is 3.43. The van der Waals surface area contributed by atoms with Crippen LogP contribution in [-0.4, -0.2) is 10.5 Å².